The Morgan fingerprint density at radius 2 is 1.64 bits per heavy atom. The van der Waals surface area contributed by atoms with Crippen LogP contribution in [0.5, 0.6) is 0 Å². The lowest BCUT2D eigenvalue weighted by Crippen LogP contribution is -2.14. The first-order valence-corrected chi connectivity index (χ1v) is 14.4. The van der Waals surface area contributed by atoms with Crippen LogP contribution >= 0.6 is 0 Å². The lowest BCUT2D eigenvalue weighted by Gasteiger charge is -2.26. The van der Waals surface area contributed by atoms with Crippen LogP contribution in [0.3, 0.4) is 0 Å². The summed E-state index contributed by atoms with van der Waals surface area (Å²) in [4.78, 5) is 23.7. The van der Waals surface area contributed by atoms with E-state index in [1.807, 2.05) is 19.2 Å². The highest BCUT2D eigenvalue weighted by Gasteiger charge is 2.24. The number of rotatable bonds is 4. The Morgan fingerprint density at radius 3 is 2.50 bits per heavy atom. The first kappa shape index (κ1) is 24.7. The van der Waals surface area contributed by atoms with Crippen LogP contribution in [-0.4, -0.2) is 50.1 Å². The van der Waals surface area contributed by atoms with Crippen LogP contribution in [0, 0.1) is 13.8 Å². The van der Waals surface area contributed by atoms with Gasteiger partial charge in [-0.05, 0) is 73.9 Å². The van der Waals surface area contributed by atoms with Gasteiger partial charge >= 0.3 is 0 Å². The summed E-state index contributed by atoms with van der Waals surface area (Å²) in [6.45, 7) is 4.09. The SMILES string of the molecule is Cc1nc(-c2ccc3cncnc3c2)c2c(C)cc(-c3nc4cc(-c5nn[nH]n5)ccc4n3C3CCCCC3)cc2n1. The molecule has 0 bridgehead atoms. The summed E-state index contributed by atoms with van der Waals surface area (Å²) < 4.78 is 2.45. The predicted molar refractivity (Wildman–Crippen MR) is 162 cm³/mol. The number of aromatic amines is 1. The molecule has 7 aromatic rings. The van der Waals surface area contributed by atoms with Crippen LogP contribution in [0.1, 0.15) is 49.5 Å². The fraction of sp³-hybridized carbons (Fsp3) is 0.250. The molecule has 0 amide bonds. The summed E-state index contributed by atoms with van der Waals surface area (Å²) in [5, 5.41) is 16.7. The van der Waals surface area contributed by atoms with Crippen molar-refractivity contribution < 1.29 is 0 Å². The van der Waals surface area contributed by atoms with E-state index in [-0.39, 0.29) is 0 Å². The Hall–Kier alpha value is -5.12. The number of nitrogens with one attached hydrogen (secondary N) is 1. The number of nitrogens with zero attached hydrogens (tertiary/aromatic N) is 9. The van der Waals surface area contributed by atoms with Gasteiger partial charge in [0.2, 0.25) is 5.82 Å². The summed E-state index contributed by atoms with van der Waals surface area (Å²) >= 11 is 0. The quantitative estimate of drug-likeness (QED) is 0.260. The Kier molecular flexibility index (Phi) is 5.73. The number of hydrogen-bond acceptors (Lipinski definition) is 8. The number of benzene rings is 3. The van der Waals surface area contributed by atoms with E-state index in [1.54, 1.807) is 6.33 Å². The Bertz CT molecular complexity index is 2110. The van der Waals surface area contributed by atoms with E-state index in [2.05, 4.69) is 84.5 Å². The Balaban J connectivity index is 1.32. The van der Waals surface area contributed by atoms with Gasteiger partial charge in [-0.3, -0.25) is 0 Å². The van der Waals surface area contributed by atoms with Crippen molar-refractivity contribution in [3.8, 4) is 34.0 Å². The fourth-order valence-corrected chi connectivity index (χ4v) is 6.48. The molecule has 206 valence electrons. The number of hydrogen-bond donors (Lipinski definition) is 1. The maximum absolute atomic E-state index is 5.23. The zero-order chi connectivity index (χ0) is 28.2. The third-order valence-corrected chi connectivity index (χ3v) is 8.38. The molecule has 3 aromatic carbocycles. The van der Waals surface area contributed by atoms with Gasteiger partial charge in [-0.2, -0.15) is 5.21 Å². The standard InChI is InChI=1S/C32H28N10/c1-18-12-23(15-27-29(18)30(36-19(2)35-27)20-8-9-22-16-33-17-34-25(22)13-20)32-37-26-14-21(31-38-40-41-39-31)10-11-28(26)42(32)24-6-4-3-5-7-24/h8-17,24H,3-7H2,1-2H3,(H,38,39,40,41). The van der Waals surface area contributed by atoms with Crippen LogP contribution < -0.4 is 0 Å². The van der Waals surface area contributed by atoms with E-state index >= 15 is 0 Å². The molecule has 4 heterocycles. The van der Waals surface area contributed by atoms with Gasteiger partial charge in [0.15, 0.2) is 0 Å². The predicted octanol–water partition coefficient (Wildman–Crippen LogP) is 6.56. The van der Waals surface area contributed by atoms with Crippen molar-refractivity contribution in [3.05, 3.63) is 72.4 Å². The molecule has 8 rings (SSSR count). The highest BCUT2D eigenvalue weighted by Crippen LogP contribution is 2.39. The zero-order valence-electron chi connectivity index (χ0n) is 23.4. The van der Waals surface area contributed by atoms with Crippen LogP contribution in [0.2, 0.25) is 0 Å². The topological polar surface area (TPSA) is 124 Å². The third kappa shape index (κ3) is 4.09. The summed E-state index contributed by atoms with van der Waals surface area (Å²) in [6, 6.07) is 17.3. The maximum Gasteiger partial charge on any atom is 0.204 e. The van der Waals surface area contributed by atoms with Gasteiger partial charge in [-0.1, -0.05) is 31.4 Å². The molecular weight excluding hydrogens is 524 g/mol. The molecule has 0 saturated heterocycles. The van der Waals surface area contributed by atoms with E-state index in [4.69, 9.17) is 15.0 Å². The second kappa shape index (κ2) is 9.76. The van der Waals surface area contributed by atoms with Gasteiger partial charge in [0.25, 0.3) is 0 Å². The summed E-state index contributed by atoms with van der Waals surface area (Å²) in [5.41, 5.74) is 8.82. The third-order valence-electron chi connectivity index (χ3n) is 8.38. The van der Waals surface area contributed by atoms with Crippen molar-refractivity contribution in [2.75, 3.05) is 0 Å². The number of imidazole rings is 1. The molecule has 10 nitrogen and oxygen atoms in total. The van der Waals surface area contributed by atoms with Crippen LogP contribution in [0.15, 0.2) is 61.1 Å². The number of aromatic nitrogens is 10. The normalized spacial score (nSPS) is 14.3. The Labute approximate surface area is 241 Å². The highest BCUT2D eigenvalue weighted by molar-refractivity contribution is 5.99. The smallest absolute Gasteiger partial charge is 0.204 e. The van der Waals surface area contributed by atoms with Gasteiger partial charge in [0.1, 0.15) is 18.0 Å². The van der Waals surface area contributed by atoms with Crippen molar-refractivity contribution >= 4 is 32.8 Å². The molecule has 4 aromatic heterocycles. The molecular formula is C32H28N10. The lowest BCUT2D eigenvalue weighted by atomic mass is 9.94. The number of fused-ring (bicyclic) bond motifs is 3. The molecule has 1 saturated carbocycles. The van der Waals surface area contributed by atoms with Gasteiger partial charge < -0.3 is 4.57 Å². The summed E-state index contributed by atoms with van der Waals surface area (Å²) in [5.74, 6) is 2.25. The van der Waals surface area contributed by atoms with Crippen molar-refractivity contribution in [2.45, 2.75) is 52.0 Å². The largest absolute Gasteiger partial charge is 0.321 e. The molecule has 0 aliphatic heterocycles. The first-order chi connectivity index (χ1) is 20.6. The molecule has 0 atom stereocenters. The Morgan fingerprint density at radius 1 is 0.810 bits per heavy atom. The fourth-order valence-electron chi connectivity index (χ4n) is 6.48. The average molecular weight is 553 g/mol. The average Bonchev–Trinajstić information content (AvgIpc) is 3.69. The minimum Gasteiger partial charge on any atom is -0.321 e. The molecule has 1 aliphatic rings. The van der Waals surface area contributed by atoms with E-state index < -0.39 is 0 Å². The van der Waals surface area contributed by atoms with Crippen molar-refractivity contribution in [2.24, 2.45) is 0 Å². The van der Waals surface area contributed by atoms with E-state index in [9.17, 15) is 0 Å². The van der Waals surface area contributed by atoms with E-state index in [1.165, 1.54) is 19.3 Å². The van der Waals surface area contributed by atoms with Gasteiger partial charge in [-0.15, -0.1) is 10.2 Å². The van der Waals surface area contributed by atoms with Crippen LogP contribution in [0.4, 0.5) is 0 Å². The van der Waals surface area contributed by atoms with Gasteiger partial charge in [-0.25, -0.2) is 24.9 Å². The second-order valence-electron chi connectivity index (χ2n) is 11.1. The number of aryl methyl sites for hydroxylation is 2. The zero-order valence-corrected chi connectivity index (χ0v) is 23.4. The molecule has 42 heavy (non-hydrogen) atoms. The van der Waals surface area contributed by atoms with E-state index in [0.29, 0.717) is 11.9 Å². The number of H-pyrrole nitrogens is 1. The molecule has 10 heteroatoms. The molecule has 1 fully saturated rings. The van der Waals surface area contributed by atoms with Crippen molar-refractivity contribution in [1.29, 1.82) is 0 Å². The van der Waals surface area contributed by atoms with Crippen LogP contribution in [-0.2, 0) is 0 Å². The van der Waals surface area contributed by atoms with Gasteiger partial charge in [0.05, 0.1) is 27.8 Å². The second-order valence-corrected chi connectivity index (χ2v) is 11.1. The van der Waals surface area contributed by atoms with Crippen LogP contribution in [0.25, 0.3) is 66.9 Å². The summed E-state index contributed by atoms with van der Waals surface area (Å²) in [6.07, 6.45) is 9.45. The minimum absolute atomic E-state index is 0.396. The summed E-state index contributed by atoms with van der Waals surface area (Å²) in [7, 11) is 0. The maximum atomic E-state index is 5.23. The van der Waals surface area contributed by atoms with Crippen molar-refractivity contribution in [3.63, 3.8) is 0 Å². The van der Waals surface area contributed by atoms with Gasteiger partial charge in [0, 0.05) is 39.7 Å². The molecule has 1 aliphatic carbocycles. The highest BCUT2D eigenvalue weighted by atomic mass is 15.5. The molecule has 0 radical (unpaired) electrons. The van der Waals surface area contributed by atoms with E-state index in [0.717, 1.165) is 85.3 Å². The molecule has 0 unspecified atom stereocenters. The monoisotopic (exact) mass is 552 g/mol. The molecule has 0 spiro atoms. The lowest BCUT2D eigenvalue weighted by molar-refractivity contribution is 0.362. The number of tetrazole rings is 1. The molecule has 1 N–H and O–H groups in total. The minimum atomic E-state index is 0.396. The van der Waals surface area contributed by atoms with Crippen molar-refractivity contribution in [1.82, 2.24) is 50.1 Å². The first-order valence-electron chi connectivity index (χ1n) is 14.4.